The van der Waals surface area contributed by atoms with Gasteiger partial charge in [-0.05, 0) is 11.4 Å². The summed E-state index contributed by atoms with van der Waals surface area (Å²) in [5.41, 5.74) is -1.45. The quantitative estimate of drug-likeness (QED) is 0.308. The zero-order valence-electron chi connectivity index (χ0n) is 17.8. The number of nitro benzene ring substituents is 1. The lowest BCUT2D eigenvalue weighted by atomic mass is 10.1. The average molecular weight is 499 g/mol. The van der Waals surface area contributed by atoms with Gasteiger partial charge in [0.05, 0.1) is 23.0 Å². The van der Waals surface area contributed by atoms with E-state index in [1.54, 1.807) is 22.4 Å². The second kappa shape index (κ2) is 10.9. The number of thiophene rings is 1. The third-order valence-corrected chi connectivity index (χ3v) is 5.75. The number of hydrogen-bond donors (Lipinski definition) is 0. The van der Waals surface area contributed by atoms with Crippen LogP contribution in [0.1, 0.15) is 20.0 Å². The number of rotatable bonds is 8. The largest absolute Gasteiger partial charge is 0.493 e. The standard InChI is InChI=1S/C20H19F2N3O8S/c1-31-14-9-12(13(25(29)30)10-15(14)33-20(21)22)19(28)32-11-17(26)23-4-6-24(7-5-23)18(27)16-3-2-8-34-16/h2-3,8-10,20H,4-7,11H2,1H3. The molecule has 1 aromatic carbocycles. The predicted molar refractivity (Wildman–Crippen MR) is 113 cm³/mol. The number of alkyl halides is 2. The van der Waals surface area contributed by atoms with Crippen molar-refractivity contribution >= 4 is 34.8 Å². The molecule has 0 unspecified atom stereocenters. The number of carbonyl (C=O) groups excluding carboxylic acids is 3. The van der Waals surface area contributed by atoms with Gasteiger partial charge in [-0.3, -0.25) is 19.7 Å². The summed E-state index contributed by atoms with van der Waals surface area (Å²) in [5, 5.41) is 13.1. The van der Waals surface area contributed by atoms with Crippen LogP contribution in [0.2, 0.25) is 0 Å². The van der Waals surface area contributed by atoms with Crippen molar-refractivity contribution in [3.8, 4) is 11.5 Å². The molecule has 2 aromatic rings. The van der Waals surface area contributed by atoms with E-state index in [1.807, 2.05) is 0 Å². The molecule has 1 aliphatic rings. The first-order valence-corrected chi connectivity index (χ1v) is 10.7. The van der Waals surface area contributed by atoms with E-state index in [2.05, 4.69) is 4.74 Å². The molecule has 1 fully saturated rings. The van der Waals surface area contributed by atoms with E-state index in [9.17, 15) is 33.3 Å². The SMILES string of the molecule is COc1cc(C(=O)OCC(=O)N2CCN(C(=O)c3cccs3)CC2)c([N+](=O)[O-])cc1OC(F)F. The van der Waals surface area contributed by atoms with Crippen LogP contribution >= 0.6 is 11.3 Å². The molecule has 1 saturated heterocycles. The highest BCUT2D eigenvalue weighted by Gasteiger charge is 2.29. The maximum atomic E-state index is 12.6. The predicted octanol–water partition coefficient (Wildman–Crippen LogP) is 2.41. The minimum Gasteiger partial charge on any atom is -0.493 e. The molecular formula is C20H19F2N3O8S. The van der Waals surface area contributed by atoms with Crippen molar-refractivity contribution in [1.29, 1.82) is 0 Å². The Kier molecular flexibility index (Phi) is 7.94. The summed E-state index contributed by atoms with van der Waals surface area (Å²) in [4.78, 5) is 51.2. The number of benzene rings is 1. The minimum atomic E-state index is -3.27. The Morgan fingerprint density at radius 3 is 2.38 bits per heavy atom. The molecule has 2 heterocycles. The number of carbonyl (C=O) groups is 3. The van der Waals surface area contributed by atoms with E-state index < -0.39 is 47.0 Å². The lowest BCUT2D eigenvalue weighted by Crippen LogP contribution is -2.51. The third-order valence-electron chi connectivity index (χ3n) is 4.89. The Hall–Kier alpha value is -3.81. The van der Waals surface area contributed by atoms with E-state index in [0.717, 1.165) is 13.2 Å². The fourth-order valence-corrected chi connectivity index (χ4v) is 3.91. The number of nitrogens with zero attached hydrogens (tertiary/aromatic N) is 3. The summed E-state index contributed by atoms with van der Waals surface area (Å²) >= 11 is 1.32. The third kappa shape index (κ3) is 5.75. The highest BCUT2D eigenvalue weighted by atomic mass is 32.1. The van der Waals surface area contributed by atoms with Gasteiger partial charge in [-0.15, -0.1) is 11.3 Å². The van der Waals surface area contributed by atoms with E-state index in [-0.39, 0.29) is 24.7 Å². The van der Waals surface area contributed by atoms with Gasteiger partial charge in [0.15, 0.2) is 18.1 Å². The first kappa shape index (κ1) is 24.8. The van der Waals surface area contributed by atoms with Crippen LogP contribution in [-0.2, 0) is 9.53 Å². The smallest absolute Gasteiger partial charge is 0.387 e. The Balaban J connectivity index is 1.61. The number of ether oxygens (including phenoxy) is 3. The van der Waals surface area contributed by atoms with Crippen LogP contribution in [0.5, 0.6) is 11.5 Å². The zero-order chi connectivity index (χ0) is 24.8. The van der Waals surface area contributed by atoms with Gasteiger partial charge in [0.1, 0.15) is 5.56 Å². The number of hydrogen-bond acceptors (Lipinski definition) is 9. The molecule has 0 N–H and O–H groups in total. The van der Waals surface area contributed by atoms with Crippen LogP contribution in [0.15, 0.2) is 29.6 Å². The zero-order valence-corrected chi connectivity index (χ0v) is 18.6. The van der Waals surface area contributed by atoms with Gasteiger partial charge in [0.25, 0.3) is 17.5 Å². The van der Waals surface area contributed by atoms with E-state index in [1.165, 1.54) is 16.2 Å². The number of methoxy groups -OCH3 is 1. The van der Waals surface area contributed by atoms with Gasteiger partial charge in [-0.1, -0.05) is 6.07 Å². The lowest BCUT2D eigenvalue weighted by Gasteiger charge is -2.34. The minimum absolute atomic E-state index is 0.131. The molecule has 0 radical (unpaired) electrons. The second-order valence-electron chi connectivity index (χ2n) is 6.88. The van der Waals surface area contributed by atoms with Crippen LogP contribution < -0.4 is 9.47 Å². The van der Waals surface area contributed by atoms with Crippen LogP contribution in [0, 0.1) is 10.1 Å². The maximum Gasteiger partial charge on any atom is 0.387 e. The Morgan fingerprint density at radius 1 is 1.15 bits per heavy atom. The lowest BCUT2D eigenvalue weighted by molar-refractivity contribution is -0.385. The fraction of sp³-hybridized carbons (Fsp3) is 0.350. The van der Waals surface area contributed by atoms with Crippen molar-refractivity contribution in [3.05, 3.63) is 50.2 Å². The molecule has 14 heteroatoms. The molecule has 11 nitrogen and oxygen atoms in total. The first-order chi connectivity index (χ1) is 16.2. The molecule has 0 spiro atoms. The molecule has 1 aliphatic heterocycles. The van der Waals surface area contributed by atoms with Crippen molar-refractivity contribution in [2.45, 2.75) is 6.61 Å². The summed E-state index contributed by atoms with van der Waals surface area (Å²) < 4.78 is 39.1. The summed E-state index contributed by atoms with van der Waals surface area (Å²) in [5.74, 6) is -2.88. The molecule has 2 amide bonds. The molecule has 34 heavy (non-hydrogen) atoms. The van der Waals surface area contributed by atoms with Gasteiger partial charge < -0.3 is 24.0 Å². The summed E-state index contributed by atoms with van der Waals surface area (Å²) in [6, 6.07) is 4.93. The number of esters is 1. The topological polar surface area (TPSA) is 129 Å². The number of nitro groups is 1. The van der Waals surface area contributed by atoms with Crippen LogP contribution in [0.4, 0.5) is 14.5 Å². The maximum absolute atomic E-state index is 12.6. The van der Waals surface area contributed by atoms with E-state index in [0.29, 0.717) is 24.0 Å². The van der Waals surface area contributed by atoms with Gasteiger partial charge in [0.2, 0.25) is 0 Å². The molecule has 0 aliphatic carbocycles. The van der Waals surface area contributed by atoms with E-state index >= 15 is 0 Å². The second-order valence-corrected chi connectivity index (χ2v) is 7.83. The van der Waals surface area contributed by atoms with Crippen molar-refractivity contribution in [2.24, 2.45) is 0 Å². The van der Waals surface area contributed by atoms with E-state index in [4.69, 9.17) is 9.47 Å². The van der Waals surface area contributed by atoms with Crippen LogP contribution in [0.25, 0.3) is 0 Å². The normalized spacial score (nSPS) is 13.5. The Bertz CT molecular complexity index is 1070. The highest BCUT2D eigenvalue weighted by molar-refractivity contribution is 7.12. The van der Waals surface area contributed by atoms with Crippen molar-refractivity contribution in [3.63, 3.8) is 0 Å². The van der Waals surface area contributed by atoms with Crippen molar-refractivity contribution in [1.82, 2.24) is 9.80 Å². The number of piperazine rings is 1. The number of amides is 2. The Morgan fingerprint density at radius 2 is 1.82 bits per heavy atom. The first-order valence-electron chi connectivity index (χ1n) is 9.80. The molecule has 0 bridgehead atoms. The van der Waals surface area contributed by atoms with Gasteiger partial charge in [-0.2, -0.15) is 8.78 Å². The average Bonchev–Trinajstić information content (AvgIpc) is 3.36. The molecule has 1 aromatic heterocycles. The molecule has 182 valence electrons. The van der Waals surface area contributed by atoms with Gasteiger partial charge in [0, 0.05) is 32.2 Å². The van der Waals surface area contributed by atoms with Crippen molar-refractivity contribution in [2.75, 3.05) is 39.9 Å². The molecule has 0 atom stereocenters. The highest BCUT2D eigenvalue weighted by Crippen LogP contribution is 2.36. The molecule has 0 saturated carbocycles. The summed E-state index contributed by atoms with van der Waals surface area (Å²) in [6.45, 7) is -2.94. The molecule has 3 rings (SSSR count). The van der Waals surface area contributed by atoms with Crippen LogP contribution in [-0.4, -0.2) is 79.0 Å². The van der Waals surface area contributed by atoms with Gasteiger partial charge in [-0.25, -0.2) is 4.79 Å². The van der Waals surface area contributed by atoms with Crippen molar-refractivity contribution < 1.29 is 42.3 Å². The van der Waals surface area contributed by atoms with Crippen LogP contribution in [0.3, 0.4) is 0 Å². The van der Waals surface area contributed by atoms with Gasteiger partial charge >= 0.3 is 12.6 Å². The summed E-state index contributed by atoms with van der Waals surface area (Å²) in [7, 11) is 1.10. The fourth-order valence-electron chi connectivity index (χ4n) is 3.22. The summed E-state index contributed by atoms with van der Waals surface area (Å²) in [6.07, 6.45) is 0. The number of halogens is 2. The Labute approximate surface area is 195 Å². The molecular weight excluding hydrogens is 480 g/mol. The monoisotopic (exact) mass is 499 g/mol.